The zero-order valence-electron chi connectivity index (χ0n) is 7.84. The van der Waals surface area contributed by atoms with Gasteiger partial charge in [0.15, 0.2) is 0 Å². The molecule has 0 saturated heterocycles. The van der Waals surface area contributed by atoms with Gasteiger partial charge in [-0.05, 0) is 12.3 Å². The second kappa shape index (κ2) is 5.55. The molecule has 1 unspecified atom stereocenters. The molecule has 12 heavy (non-hydrogen) atoms. The van der Waals surface area contributed by atoms with Crippen molar-refractivity contribution < 1.29 is 5.11 Å². The molecule has 0 spiro atoms. The van der Waals surface area contributed by atoms with E-state index in [2.05, 4.69) is 0 Å². The van der Waals surface area contributed by atoms with Crippen molar-refractivity contribution in [1.82, 2.24) is 0 Å². The van der Waals surface area contributed by atoms with Crippen molar-refractivity contribution in [1.29, 1.82) is 0 Å². The van der Waals surface area contributed by atoms with E-state index in [1.165, 1.54) is 38.5 Å². The summed E-state index contributed by atoms with van der Waals surface area (Å²) in [6.45, 7) is 0.427. The number of aliphatic hydroxyl groups is 1. The van der Waals surface area contributed by atoms with Crippen LogP contribution in [0.3, 0.4) is 0 Å². The summed E-state index contributed by atoms with van der Waals surface area (Å²) in [6.07, 6.45) is 8.74. The van der Waals surface area contributed by atoms with E-state index < -0.39 is 0 Å². The molecule has 1 saturated carbocycles. The van der Waals surface area contributed by atoms with Crippen molar-refractivity contribution >= 4 is 0 Å². The summed E-state index contributed by atoms with van der Waals surface area (Å²) in [6, 6.07) is 0. The van der Waals surface area contributed by atoms with Crippen molar-refractivity contribution in [2.24, 2.45) is 11.7 Å². The highest BCUT2D eigenvalue weighted by Crippen LogP contribution is 2.26. The molecule has 0 radical (unpaired) electrons. The van der Waals surface area contributed by atoms with Crippen molar-refractivity contribution in [3.05, 3.63) is 0 Å². The van der Waals surface area contributed by atoms with E-state index in [0.29, 0.717) is 6.54 Å². The molecule has 0 amide bonds. The summed E-state index contributed by atoms with van der Waals surface area (Å²) in [5.74, 6) is 0.742. The van der Waals surface area contributed by atoms with Crippen molar-refractivity contribution in [2.45, 2.75) is 51.0 Å². The molecule has 72 valence electrons. The van der Waals surface area contributed by atoms with Crippen LogP contribution in [0, 0.1) is 5.92 Å². The number of hydrogen-bond acceptors (Lipinski definition) is 2. The molecule has 0 aromatic carbocycles. The Balaban J connectivity index is 2.20. The van der Waals surface area contributed by atoms with Gasteiger partial charge in [-0.3, -0.25) is 0 Å². The first-order valence-electron chi connectivity index (χ1n) is 5.21. The van der Waals surface area contributed by atoms with E-state index in [9.17, 15) is 5.11 Å². The molecule has 1 fully saturated rings. The van der Waals surface area contributed by atoms with Crippen LogP contribution in [-0.4, -0.2) is 17.8 Å². The average molecular weight is 171 g/mol. The van der Waals surface area contributed by atoms with E-state index >= 15 is 0 Å². The summed E-state index contributed by atoms with van der Waals surface area (Å²) >= 11 is 0. The van der Waals surface area contributed by atoms with Crippen molar-refractivity contribution in [3.63, 3.8) is 0 Å². The molecule has 0 bridgehead atoms. The van der Waals surface area contributed by atoms with Crippen molar-refractivity contribution in [2.75, 3.05) is 6.54 Å². The van der Waals surface area contributed by atoms with Crippen molar-refractivity contribution in [3.8, 4) is 0 Å². The Morgan fingerprint density at radius 2 is 1.75 bits per heavy atom. The van der Waals surface area contributed by atoms with Gasteiger partial charge in [-0.1, -0.05) is 38.5 Å². The third-order valence-corrected chi connectivity index (χ3v) is 2.85. The molecule has 0 aromatic heterocycles. The predicted molar refractivity (Wildman–Crippen MR) is 50.9 cm³/mol. The van der Waals surface area contributed by atoms with Crippen LogP contribution in [0.5, 0.6) is 0 Å². The van der Waals surface area contributed by atoms with Gasteiger partial charge in [0.2, 0.25) is 0 Å². The van der Waals surface area contributed by atoms with Gasteiger partial charge in [-0.25, -0.2) is 0 Å². The van der Waals surface area contributed by atoms with Gasteiger partial charge < -0.3 is 10.8 Å². The average Bonchev–Trinajstić information content (AvgIpc) is 2.33. The molecular weight excluding hydrogens is 150 g/mol. The first kappa shape index (κ1) is 10.0. The molecule has 1 rings (SSSR count). The lowest BCUT2D eigenvalue weighted by molar-refractivity contribution is 0.145. The van der Waals surface area contributed by atoms with E-state index in [-0.39, 0.29) is 6.10 Å². The zero-order chi connectivity index (χ0) is 8.81. The largest absolute Gasteiger partial charge is 0.392 e. The fourth-order valence-electron chi connectivity index (χ4n) is 2.08. The number of hydrogen-bond donors (Lipinski definition) is 2. The molecule has 0 heterocycles. The zero-order valence-corrected chi connectivity index (χ0v) is 7.84. The molecule has 1 aliphatic rings. The molecule has 0 aromatic rings. The first-order valence-corrected chi connectivity index (χ1v) is 5.21. The SMILES string of the molecule is NCC(O)CC1CCCCCC1. The summed E-state index contributed by atoms with van der Waals surface area (Å²) in [5.41, 5.74) is 5.38. The van der Waals surface area contributed by atoms with Crippen LogP contribution in [-0.2, 0) is 0 Å². The van der Waals surface area contributed by atoms with Crippen LogP contribution in [0.4, 0.5) is 0 Å². The van der Waals surface area contributed by atoms with Crippen LogP contribution in [0.15, 0.2) is 0 Å². The van der Waals surface area contributed by atoms with E-state index in [1.807, 2.05) is 0 Å². The Kier molecular flexibility index (Phi) is 4.62. The van der Waals surface area contributed by atoms with E-state index in [0.717, 1.165) is 12.3 Å². The summed E-state index contributed by atoms with van der Waals surface area (Å²) in [7, 11) is 0. The van der Waals surface area contributed by atoms with Crippen LogP contribution in [0.25, 0.3) is 0 Å². The molecule has 2 heteroatoms. The van der Waals surface area contributed by atoms with Crippen LogP contribution >= 0.6 is 0 Å². The monoisotopic (exact) mass is 171 g/mol. The lowest BCUT2D eigenvalue weighted by atomic mass is 9.94. The summed E-state index contributed by atoms with van der Waals surface area (Å²) < 4.78 is 0. The Morgan fingerprint density at radius 3 is 2.25 bits per heavy atom. The topological polar surface area (TPSA) is 46.2 Å². The summed E-state index contributed by atoms with van der Waals surface area (Å²) in [4.78, 5) is 0. The van der Waals surface area contributed by atoms with Gasteiger partial charge in [0.25, 0.3) is 0 Å². The lowest BCUT2D eigenvalue weighted by Crippen LogP contribution is -2.22. The molecule has 0 aliphatic heterocycles. The predicted octanol–water partition coefficient (Wildman–Crippen LogP) is 1.67. The number of nitrogens with two attached hydrogens (primary N) is 1. The van der Waals surface area contributed by atoms with Crippen LogP contribution < -0.4 is 5.73 Å². The third kappa shape index (κ3) is 3.55. The normalized spacial score (nSPS) is 23.5. The lowest BCUT2D eigenvalue weighted by Gasteiger charge is -2.16. The Hall–Kier alpha value is -0.0800. The van der Waals surface area contributed by atoms with Gasteiger partial charge in [-0.2, -0.15) is 0 Å². The van der Waals surface area contributed by atoms with Crippen LogP contribution in [0.1, 0.15) is 44.9 Å². The highest BCUT2D eigenvalue weighted by Gasteiger charge is 2.15. The Bertz CT molecular complexity index is 108. The molecule has 1 aliphatic carbocycles. The fourth-order valence-corrected chi connectivity index (χ4v) is 2.08. The molecular formula is C10H21NO. The first-order chi connectivity index (χ1) is 5.83. The van der Waals surface area contributed by atoms with Gasteiger partial charge in [0.1, 0.15) is 0 Å². The van der Waals surface area contributed by atoms with Gasteiger partial charge in [0, 0.05) is 6.54 Å². The minimum Gasteiger partial charge on any atom is -0.392 e. The Labute approximate surface area is 75.2 Å². The van der Waals surface area contributed by atoms with Gasteiger partial charge in [0.05, 0.1) is 6.10 Å². The molecule has 3 N–H and O–H groups in total. The minimum absolute atomic E-state index is 0.256. The summed E-state index contributed by atoms with van der Waals surface area (Å²) in [5, 5.41) is 9.38. The van der Waals surface area contributed by atoms with Gasteiger partial charge in [-0.15, -0.1) is 0 Å². The standard InChI is InChI=1S/C10H21NO/c11-8-10(12)7-9-5-3-1-2-4-6-9/h9-10,12H,1-8,11H2. The number of aliphatic hydroxyl groups excluding tert-OH is 1. The minimum atomic E-state index is -0.256. The highest BCUT2D eigenvalue weighted by atomic mass is 16.3. The van der Waals surface area contributed by atoms with Crippen LogP contribution in [0.2, 0.25) is 0 Å². The maximum absolute atomic E-state index is 9.38. The van der Waals surface area contributed by atoms with Gasteiger partial charge >= 0.3 is 0 Å². The third-order valence-electron chi connectivity index (χ3n) is 2.85. The fraction of sp³-hybridized carbons (Fsp3) is 1.00. The molecule has 2 nitrogen and oxygen atoms in total. The van der Waals surface area contributed by atoms with E-state index in [1.54, 1.807) is 0 Å². The molecule has 1 atom stereocenters. The Morgan fingerprint density at radius 1 is 1.17 bits per heavy atom. The second-order valence-electron chi connectivity index (χ2n) is 3.98. The quantitative estimate of drug-likeness (QED) is 0.634. The van der Waals surface area contributed by atoms with E-state index in [4.69, 9.17) is 5.73 Å². The smallest absolute Gasteiger partial charge is 0.0665 e. The number of rotatable bonds is 3. The highest BCUT2D eigenvalue weighted by molar-refractivity contribution is 4.68. The maximum atomic E-state index is 9.38. The maximum Gasteiger partial charge on any atom is 0.0665 e. The second-order valence-corrected chi connectivity index (χ2v) is 3.98.